The predicted molar refractivity (Wildman–Crippen MR) is 357 cm³/mol. The van der Waals surface area contributed by atoms with Gasteiger partial charge in [0.05, 0.1) is 26.2 Å². The van der Waals surface area contributed by atoms with Crippen LogP contribution in [0, 0.1) is 0 Å². The van der Waals surface area contributed by atoms with E-state index in [0.717, 1.165) is 21.9 Å². The molecular weight excluding hydrogens is 1030 g/mol. The van der Waals surface area contributed by atoms with E-state index >= 15 is 0 Å². The third-order valence-electron chi connectivity index (χ3n) is 17.4. The summed E-state index contributed by atoms with van der Waals surface area (Å²) in [7, 11) is 0. The minimum Gasteiger partial charge on any atom is -0.324 e. The molecule has 78 heavy (non-hydrogen) atoms. The van der Waals surface area contributed by atoms with Crippen molar-refractivity contribution in [2.75, 3.05) is 26.2 Å². The Bertz CT molecular complexity index is 1660. The lowest BCUT2D eigenvalue weighted by atomic mass is 9.13. The Kier molecular flexibility index (Phi) is 42.0. The number of benzene rings is 4. The number of quaternary nitrogens is 1. The summed E-state index contributed by atoms with van der Waals surface area (Å²) < 4.78 is 1.49. The van der Waals surface area contributed by atoms with Gasteiger partial charge in [-0.2, -0.15) is 21.9 Å². The number of unbranched alkanes of at least 4 members (excludes halogenated alkanes) is 36. The Morgan fingerprint density at radius 3 is 0.513 bits per heavy atom. The van der Waals surface area contributed by atoms with Crippen LogP contribution in [0.3, 0.4) is 0 Å². The Labute approximate surface area is 503 Å². The van der Waals surface area contributed by atoms with Crippen LogP contribution in [0.2, 0.25) is 20.1 Å². The molecule has 0 N–H and O–H groups in total. The zero-order chi connectivity index (χ0) is 56.0. The second kappa shape index (κ2) is 46.5. The van der Waals surface area contributed by atoms with Crippen LogP contribution in [0.1, 0.15) is 285 Å². The van der Waals surface area contributed by atoms with E-state index in [2.05, 4.69) is 76.2 Å². The van der Waals surface area contributed by atoms with Crippen LogP contribution >= 0.6 is 46.4 Å². The smallest absolute Gasteiger partial charge is 0.108 e. The molecule has 0 saturated heterocycles. The average molecular weight is 1150 g/mol. The van der Waals surface area contributed by atoms with Gasteiger partial charge in [-0.3, -0.25) is 0 Å². The molecule has 0 aromatic heterocycles. The van der Waals surface area contributed by atoms with E-state index < -0.39 is 6.15 Å². The van der Waals surface area contributed by atoms with Crippen molar-refractivity contribution in [3.63, 3.8) is 0 Å². The highest BCUT2D eigenvalue weighted by molar-refractivity contribution is 7.19. The van der Waals surface area contributed by atoms with Crippen LogP contribution in [0.5, 0.6) is 0 Å². The largest absolute Gasteiger partial charge is 0.324 e. The molecule has 0 heterocycles. The van der Waals surface area contributed by atoms with E-state index in [4.69, 9.17) is 46.4 Å². The molecule has 0 radical (unpaired) electrons. The van der Waals surface area contributed by atoms with Crippen LogP contribution in [-0.4, -0.2) is 36.8 Å². The summed E-state index contributed by atoms with van der Waals surface area (Å²) in [6.45, 7) is 15.3. The molecule has 440 valence electrons. The average Bonchev–Trinajstić information content (AvgIpc) is 3.52. The third-order valence-corrected chi connectivity index (χ3v) is 18.4. The van der Waals surface area contributed by atoms with Gasteiger partial charge < -0.3 is 4.48 Å². The van der Waals surface area contributed by atoms with Crippen molar-refractivity contribution < 1.29 is 4.48 Å². The fraction of sp³-hybridized carbons (Fsp3) is 0.667. The lowest BCUT2D eigenvalue weighted by Crippen LogP contribution is -2.74. The SMILES string of the molecule is CCCCCCCCCCCC[N+](CCCCCCCCCCCC)(CCCCCCCCCCCC)CCCCCCCCCCCC.Clc1ccc([B-](c2ccc(Cl)cc2)(c2ccc(Cl)cc2)c2ccc(Cl)cc2)cc1. The molecule has 4 aromatic carbocycles. The van der Waals surface area contributed by atoms with E-state index in [1.807, 2.05) is 48.5 Å². The summed E-state index contributed by atoms with van der Waals surface area (Å²) in [5, 5.41) is 2.78. The Morgan fingerprint density at radius 2 is 0.359 bits per heavy atom. The van der Waals surface area contributed by atoms with Crippen LogP contribution in [-0.2, 0) is 0 Å². The topological polar surface area (TPSA) is 0 Å². The molecule has 0 fully saturated rings. The summed E-state index contributed by atoms with van der Waals surface area (Å²) >= 11 is 24.9. The van der Waals surface area contributed by atoms with Gasteiger partial charge in [0.25, 0.3) is 0 Å². The second-order valence-electron chi connectivity index (χ2n) is 24.0. The van der Waals surface area contributed by atoms with Crippen molar-refractivity contribution in [2.24, 2.45) is 0 Å². The number of hydrogen-bond donors (Lipinski definition) is 0. The molecular formula is C72H116BCl4N. The highest BCUT2D eigenvalue weighted by Gasteiger charge is 2.32. The van der Waals surface area contributed by atoms with Crippen molar-refractivity contribution in [1.29, 1.82) is 0 Å². The predicted octanol–water partition coefficient (Wildman–Crippen LogP) is 23.2. The molecule has 6 heteroatoms. The molecule has 0 atom stereocenters. The Morgan fingerprint density at radius 1 is 0.218 bits per heavy atom. The van der Waals surface area contributed by atoms with Crippen LogP contribution < -0.4 is 21.9 Å². The van der Waals surface area contributed by atoms with E-state index in [9.17, 15) is 0 Å². The van der Waals surface area contributed by atoms with Gasteiger partial charge in [0.1, 0.15) is 6.15 Å². The summed E-state index contributed by atoms with van der Waals surface area (Å²) in [6.07, 6.45) is 57.2. The normalized spacial score (nSPS) is 11.8. The van der Waals surface area contributed by atoms with E-state index in [-0.39, 0.29) is 0 Å². The van der Waals surface area contributed by atoms with E-state index in [0.29, 0.717) is 20.1 Å². The third kappa shape index (κ3) is 30.4. The molecule has 0 bridgehead atoms. The molecule has 0 aliphatic heterocycles. The molecule has 0 amide bonds. The van der Waals surface area contributed by atoms with Gasteiger partial charge in [-0.15, -0.1) is 0 Å². The lowest BCUT2D eigenvalue weighted by Gasteiger charge is -2.44. The molecule has 0 aliphatic carbocycles. The van der Waals surface area contributed by atoms with Gasteiger partial charge in [-0.25, -0.2) is 0 Å². The number of hydrogen-bond acceptors (Lipinski definition) is 0. The molecule has 0 saturated carbocycles. The van der Waals surface area contributed by atoms with E-state index in [1.165, 1.54) is 287 Å². The highest BCUT2D eigenvalue weighted by Crippen LogP contribution is 2.23. The maximum Gasteiger partial charge on any atom is 0.108 e. The highest BCUT2D eigenvalue weighted by atomic mass is 35.5. The van der Waals surface area contributed by atoms with Gasteiger partial charge in [-0.1, -0.05) is 328 Å². The second-order valence-corrected chi connectivity index (χ2v) is 25.8. The summed E-state index contributed by atoms with van der Waals surface area (Å²) in [6, 6.07) is 32.1. The van der Waals surface area contributed by atoms with Gasteiger partial charge in [0, 0.05) is 20.1 Å². The first-order valence-corrected chi connectivity index (χ1v) is 34.8. The van der Waals surface area contributed by atoms with Crippen molar-refractivity contribution in [2.45, 2.75) is 285 Å². The zero-order valence-electron chi connectivity index (χ0n) is 50.9. The molecule has 1 nitrogen and oxygen atoms in total. The summed E-state index contributed by atoms with van der Waals surface area (Å²) in [4.78, 5) is 0. The first kappa shape index (κ1) is 70.3. The quantitative estimate of drug-likeness (QED) is 0.0235. The van der Waals surface area contributed by atoms with Gasteiger partial charge >= 0.3 is 0 Å². The fourth-order valence-corrected chi connectivity index (χ4v) is 13.1. The van der Waals surface area contributed by atoms with E-state index in [1.54, 1.807) is 0 Å². The van der Waals surface area contributed by atoms with Gasteiger partial charge in [0.15, 0.2) is 0 Å². The Hall–Kier alpha value is -1.94. The minimum atomic E-state index is -1.51. The van der Waals surface area contributed by atoms with Gasteiger partial charge in [0.2, 0.25) is 0 Å². The number of nitrogens with zero attached hydrogens (tertiary/aromatic N) is 1. The van der Waals surface area contributed by atoms with Crippen molar-refractivity contribution >= 4 is 74.4 Å². The first-order chi connectivity index (χ1) is 38.2. The molecule has 0 aliphatic rings. The minimum absolute atomic E-state index is 0.696. The van der Waals surface area contributed by atoms with Crippen LogP contribution in [0.4, 0.5) is 0 Å². The maximum atomic E-state index is 6.22. The maximum absolute atomic E-state index is 6.22. The Balaban J connectivity index is 0.000000462. The summed E-state index contributed by atoms with van der Waals surface area (Å²) in [5.41, 5.74) is 4.56. The fourth-order valence-electron chi connectivity index (χ4n) is 12.6. The zero-order valence-corrected chi connectivity index (χ0v) is 53.9. The summed E-state index contributed by atoms with van der Waals surface area (Å²) in [5.74, 6) is 0. The number of rotatable bonds is 48. The standard InChI is InChI=1S/C48H100N.C24H16BCl4/c1-5-9-13-17-21-25-29-33-37-41-45-49(46-42-38-34-30-26-22-18-14-10-6-2,47-43-39-35-31-27-23-19-15-11-7-3)48-44-40-36-32-28-24-20-16-12-8-4;26-21-9-1-17(2-10-21)25(18-3-11-22(27)12-4-18,19-5-13-23(28)14-6-19)20-7-15-24(29)16-8-20/h5-48H2,1-4H3;1-16H/q+1;-1. The van der Waals surface area contributed by atoms with Gasteiger partial charge in [-0.05, 0) is 99.9 Å². The first-order valence-electron chi connectivity index (χ1n) is 33.3. The number of halogens is 4. The molecule has 0 unspecified atom stereocenters. The monoisotopic (exact) mass is 1150 g/mol. The van der Waals surface area contributed by atoms with Crippen molar-refractivity contribution in [3.05, 3.63) is 117 Å². The molecule has 0 spiro atoms. The van der Waals surface area contributed by atoms with Crippen LogP contribution in [0.25, 0.3) is 0 Å². The molecule has 4 aromatic rings. The van der Waals surface area contributed by atoms with Crippen molar-refractivity contribution in [3.8, 4) is 0 Å². The van der Waals surface area contributed by atoms with Crippen LogP contribution in [0.15, 0.2) is 97.1 Å². The lowest BCUT2D eigenvalue weighted by molar-refractivity contribution is -0.929. The van der Waals surface area contributed by atoms with Crippen molar-refractivity contribution in [1.82, 2.24) is 0 Å². The molecule has 4 rings (SSSR count).